The molecule has 0 fully saturated rings. The van der Waals surface area contributed by atoms with Crippen LogP contribution in [-0.2, 0) is 14.4 Å². The van der Waals surface area contributed by atoms with Gasteiger partial charge in [-0.1, -0.05) is 32.3 Å². The third-order valence-corrected chi connectivity index (χ3v) is 4.24. The van der Waals surface area contributed by atoms with E-state index in [-0.39, 0.29) is 23.4 Å². The molecule has 1 aliphatic rings. The van der Waals surface area contributed by atoms with Gasteiger partial charge < -0.3 is 10.2 Å². The van der Waals surface area contributed by atoms with Crippen molar-refractivity contribution in [1.82, 2.24) is 0 Å². The Balaban J connectivity index is 3.17. The molecule has 0 spiro atoms. The van der Waals surface area contributed by atoms with Gasteiger partial charge in [0.25, 0.3) is 0 Å². The van der Waals surface area contributed by atoms with E-state index >= 15 is 0 Å². The second kappa shape index (κ2) is 7.38. The van der Waals surface area contributed by atoms with E-state index in [0.717, 1.165) is 25.7 Å². The Morgan fingerprint density at radius 1 is 1.18 bits per heavy atom. The number of carbonyl (C=O) groups is 3. The summed E-state index contributed by atoms with van der Waals surface area (Å²) >= 11 is 0. The number of aliphatic carboxylic acids is 2. The summed E-state index contributed by atoms with van der Waals surface area (Å²) in [5, 5.41) is 18.8. The normalized spacial score (nSPS) is 21.5. The Hall–Kier alpha value is -1.91. The fourth-order valence-electron chi connectivity index (χ4n) is 2.84. The molecular formula is C17H24O5. The van der Waals surface area contributed by atoms with Crippen molar-refractivity contribution in [2.45, 2.75) is 59.3 Å². The van der Waals surface area contributed by atoms with Gasteiger partial charge in [0.15, 0.2) is 5.78 Å². The number of carbonyl (C=O) groups excluding carboxylic acids is 1. The molecule has 0 aromatic rings. The zero-order chi connectivity index (χ0) is 16.9. The Labute approximate surface area is 130 Å². The molecule has 22 heavy (non-hydrogen) atoms. The molecule has 0 aromatic carbocycles. The molecule has 2 N–H and O–H groups in total. The van der Waals surface area contributed by atoms with Crippen LogP contribution in [0.1, 0.15) is 59.3 Å². The van der Waals surface area contributed by atoms with Crippen molar-refractivity contribution < 1.29 is 24.6 Å². The van der Waals surface area contributed by atoms with E-state index < -0.39 is 17.4 Å². The lowest BCUT2D eigenvalue weighted by molar-refractivity contribution is -0.147. The molecule has 0 amide bonds. The minimum absolute atomic E-state index is 0.117. The third-order valence-electron chi connectivity index (χ3n) is 4.24. The summed E-state index contributed by atoms with van der Waals surface area (Å²) in [5.74, 6) is -2.59. The molecule has 0 saturated heterocycles. The predicted molar refractivity (Wildman–Crippen MR) is 82.5 cm³/mol. The largest absolute Gasteiger partial charge is 0.481 e. The SMILES string of the molecule is CCCCCCC1=C(C(=O)O)CC(C)(C(=O)O)C(C(C)=O)=C1. The number of unbranched alkanes of at least 4 members (excludes halogenated alkanes) is 3. The van der Waals surface area contributed by atoms with Gasteiger partial charge in [-0.15, -0.1) is 0 Å². The van der Waals surface area contributed by atoms with Gasteiger partial charge in [-0.25, -0.2) is 4.79 Å². The van der Waals surface area contributed by atoms with Gasteiger partial charge >= 0.3 is 11.9 Å². The maximum Gasteiger partial charge on any atom is 0.331 e. The van der Waals surface area contributed by atoms with E-state index in [1.165, 1.54) is 19.9 Å². The highest BCUT2D eigenvalue weighted by atomic mass is 16.4. The molecule has 5 nitrogen and oxygen atoms in total. The number of ketones is 1. The van der Waals surface area contributed by atoms with Crippen LogP contribution < -0.4 is 0 Å². The van der Waals surface area contributed by atoms with E-state index in [2.05, 4.69) is 6.92 Å². The summed E-state index contributed by atoms with van der Waals surface area (Å²) in [6.07, 6.45) is 5.90. The molecule has 1 atom stereocenters. The number of rotatable bonds is 8. The summed E-state index contributed by atoms with van der Waals surface area (Å²) in [6.45, 7) is 4.83. The molecule has 122 valence electrons. The Morgan fingerprint density at radius 2 is 1.82 bits per heavy atom. The first kappa shape index (κ1) is 18.1. The first-order valence-electron chi connectivity index (χ1n) is 7.65. The van der Waals surface area contributed by atoms with E-state index in [9.17, 15) is 24.6 Å². The van der Waals surface area contributed by atoms with E-state index in [1.54, 1.807) is 0 Å². The van der Waals surface area contributed by atoms with Gasteiger partial charge in [0.05, 0.1) is 5.41 Å². The lowest BCUT2D eigenvalue weighted by atomic mass is 9.70. The van der Waals surface area contributed by atoms with Crippen LogP contribution in [0.2, 0.25) is 0 Å². The van der Waals surface area contributed by atoms with E-state index in [4.69, 9.17) is 0 Å². The Bertz CT molecular complexity index is 541. The molecule has 0 aliphatic heterocycles. The lowest BCUT2D eigenvalue weighted by Gasteiger charge is -2.31. The molecule has 0 radical (unpaired) electrons. The second-order valence-electron chi connectivity index (χ2n) is 6.05. The average Bonchev–Trinajstić information content (AvgIpc) is 2.43. The first-order valence-corrected chi connectivity index (χ1v) is 7.65. The van der Waals surface area contributed by atoms with Gasteiger partial charge in [0.2, 0.25) is 0 Å². The maximum absolute atomic E-state index is 11.8. The molecule has 0 aromatic heterocycles. The van der Waals surface area contributed by atoms with Crippen LogP contribution in [0.4, 0.5) is 0 Å². The van der Waals surface area contributed by atoms with Gasteiger partial charge in [0.1, 0.15) is 0 Å². The fourth-order valence-corrected chi connectivity index (χ4v) is 2.84. The third kappa shape index (κ3) is 3.84. The summed E-state index contributed by atoms with van der Waals surface area (Å²) in [7, 11) is 0. The van der Waals surface area contributed by atoms with Crippen LogP contribution in [-0.4, -0.2) is 27.9 Å². The van der Waals surface area contributed by atoms with Crippen molar-refractivity contribution in [1.29, 1.82) is 0 Å². The molecule has 0 heterocycles. The van der Waals surface area contributed by atoms with Crippen LogP contribution in [0.25, 0.3) is 0 Å². The van der Waals surface area contributed by atoms with Crippen LogP contribution in [0.3, 0.4) is 0 Å². The van der Waals surface area contributed by atoms with E-state index in [0.29, 0.717) is 12.0 Å². The van der Waals surface area contributed by atoms with Crippen LogP contribution in [0, 0.1) is 5.41 Å². The molecule has 1 rings (SSSR count). The maximum atomic E-state index is 11.8. The monoisotopic (exact) mass is 308 g/mol. The lowest BCUT2D eigenvalue weighted by Crippen LogP contribution is -2.36. The minimum atomic E-state index is -1.47. The average molecular weight is 308 g/mol. The van der Waals surface area contributed by atoms with Crippen molar-refractivity contribution in [3.05, 3.63) is 22.8 Å². The molecule has 5 heteroatoms. The quantitative estimate of drug-likeness (QED) is 0.671. The molecular weight excluding hydrogens is 284 g/mol. The van der Waals surface area contributed by atoms with Crippen molar-refractivity contribution >= 4 is 17.7 Å². The molecule has 1 unspecified atom stereocenters. The van der Waals surface area contributed by atoms with Gasteiger partial charge in [-0.3, -0.25) is 9.59 Å². The highest BCUT2D eigenvalue weighted by molar-refractivity contribution is 6.03. The standard InChI is InChI=1S/C17H24O5/c1-4-5-6-7-8-12-9-14(11(2)18)17(3,16(21)22)10-13(12)15(19)20/h9H,4-8,10H2,1-3H3,(H,19,20)(H,21,22). The Kier molecular flexibility index (Phi) is 6.09. The predicted octanol–water partition coefficient (Wildman–Crippen LogP) is 3.35. The fraction of sp³-hybridized carbons (Fsp3) is 0.588. The second-order valence-corrected chi connectivity index (χ2v) is 6.05. The zero-order valence-electron chi connectivity index (χ0n) is 13.4. The zero-order valence-corrected chi connectivity index (χ0v) is 13.4. The smallest absolute Gasteiger partial charge is 0.331 e. The van der Waals surface area contributed by atoms with Crippen LogP contribution in [0.15, 0.2) is 22.8 Å². The van der Waals surface area contributed by atoms with Crippen molar-refractivity contribution in [3.8, 4) is 0 Å². The number of hydrogen-bond acceptors (Lipinski definition) is 3. The summed E-state index contributed by atoms with van der Waals surface area (Å²) in [6, 6.07) is 0. The van der Waals surface area contributed by atoms with E-state index in [1.807, 2.05) is 0 Å². The minimum Gasteiger partial charge on any atom is -0.481 e. The topological polar surface area (TPSA) is 91.7 Å². The van der Waals surface area contributed by atoms with Crippen molar-refractivity contribution in [2.24, 2.45) is 5.41 Å². The van der Waals surface area contributed by atoms with Crippen molar-refractivity contribution in [3.63, 3.8) is 0 Å². The van der Waals surface area contributed by atoms with Gasteiger partial charge in [-0.05, 0) is 38.7 Å². The summed E-state index contributed by atoms with van der Waals surface area (Å²) in [5.41, 5.74) is -0.568. The number of carboxylic acids is 2. The van der Waals surface area contributed by atoms with Gasteiger partial charge in [0, 0.05) is 11.1 Å². The summed E-state index contributed by atoms with van der Waals surface area (Å²) in [4.78, 5) is 34.8. The van der Waals surface area contributed by atoms with Crippen molar-refractivity contribution in [2.75, 3.05) is 0 Å². The number of carboxylic acid groups (broad SMARTS) is 2. The van der Waals surface area contributed by atoms with Crippen LogP contribution >= 0.6 is 0 Å². The molecule has 1 aliphatic carbocycles. The molecule has 0 saturated carbocycles. The molecule has 0 bridgehead atoms. The van der Waals surface area contributed by atoms with Crippen LogP contribution in [0.5, 0.6) is 0 Å². The highest BCUT2D eigenvalue weighted by Crippen LogP contribution is 2.42. The summed E-state index contributed by atoms with van der Waals surface area (Å²) < 4.78 is 0. The first-order chi connectivity index (χ1) is 10.2. The number of hydrogen-bond donors (Lipinski definition) is 2. The number of Topliss-reactive ketones (excluding diaryl/α,β-unsaturated/α-hetero) is 1. The highest BCUT2D eigenvalue weighted by Gasteiger charge is 2.44. The Morgan fingerprint density at radius 3 is 2.27 bits per heavy atom. The number of allylic oxidation sites excluding steroid dienone is 2. The van der Waals surface area contributed by atoms with Gasteiger partial charge in [-0.2, -0.15) is 0 Å².